The molecule has 3 nitrogen and oxygen atoms in total. The van der Waals surface area contributed by atoms with Gasteiger partial charge in [-0.25, -0.2) is 0 Å². The van der Waals surface area contributed by atoms with Gasteiger partial charge in [-0.3, -0.25) is 4.79 Å². The summed E-state index contributed by atoms with van der Waals surface area (Å²) in [5.74, 6) is -0.151. The molecule has 4 heteroatoms. The number of halogens is 1. The lowest BCUT2D eigenvalue weighted by molar-refractivity contribution is 0.0938. The first-order valence-electron chi connectivity index (χ1n) is 5.27. The summed E-state index contributed by atoms with van der Waals surface area (Å²) in [5.41, 5.74) is 1.58. The number of benzene rings is 1. The van der Waals surface area contributed by atoms with Crippen LogP contribution in [0.25, 0.3) is 0 Å². The number of carbonyl (C=O) groups excluding carboxylic acids is 1. The smallest absolute Gasteiger partial charge is 0.256 e. The second-order valence-electron chi connectivity index (χ2n) is 3.71. The third-order valence-corrected chi connectivity index (χ3v) is 3.12. The maximum atomic E-state index is 11.9. The molecule has 1 atom stereocenters. The van der Waals surface area contributed by atoms with Crippen molar-refractivity contribution in [3.8, 4) is 0 Å². The van der Waals surface area contributed by atoms with Crippen LogP contribution >= 0.6 is 15.9 Å². The average molecular weight is 294 g/mol. The van der Waals surface area contributed by atoms with Crippen molar-refractivity contribution in [3.63, 3.8) is 0 Å². The van der Waals surface area contributed by atoms with E-state index in [1.54, 1.807) is 6.07 Å². The molecular formula is C13H12BrNO2. The molecule has 0 aliphatic carbocycles. The molecule has 1 aromatic carbocycles. The number of carbonyl (C=O) groups is 1. The molecule has 1 aromatic heterocycles. The van der Waals surface area contributed by atoms with Crippen molar-refractivity contribution in [2.24, 2.45) is 0 Å². The van der Waals surface area contributed by atoms with Gasteiger partial charge in [-0.05, 0) is 34.5 Å². The largest absolute Gasteiger partial charge is 0.457 e. The van der Waals surface area contributed by atoms with Crippen LogP contribution in [0.4, 0.5) is 0 Å². The van der Waals surface area contributed by atoms with Crippen molar-refractivity contribution < 1.29 is 9.21 Å². The Morgan fingerprint density at radius 2 is 2.00 bits per heavy atom. The molecule has 0 bridgehead atoms. The van der Waals surface area contributed by atoms with E-state index in [4.69, 9.17) is 4.42 Å². The third-order valence-electron chi connectivity index (χ3n) is 2.51. The number of amides is 1. The van der Waals surface area contributed by atoms with Crippen LogP contribution in [0, 0.1) is 0 Å². The Hall–Kier alpha value is -1.55. The average Bonchev–Trinajstić information content (AvgIpc) is 2.76. The van der Waals surface area contributed by atoms with Crippen molar-refractivity contribution in [3.05, 3.63) is 58.5 Å². The van der Waals surface area contributed by atoms with E-state index in [0.29, 0.717) is 10.2 Å². The van der Waals surface area contributed by atoms with Gasteiger partial charge >= 0.3 is 0 Å². The van der Waals surface area contributed by atoms with Gasteiger partial charge in [0.05, 0.1) is 17.9 Å². The van der Waals surface area contributed by atoms with E-state index in [-0.39, 0.29) is 11.9 Å². The standard InChI is InChI=1S/C13H12BrNO2/c1-9(10-5-3-2-4-6-10)15-13(16)11-7-8-17-12(11)14/h2-9H,1H3,(H,15,16). The summed E-state index contributed by atoms with van der Waals surface area (Å²) in [7, 11) is 0. The van der Waals surface area contributed by atoms with E-state index < -0.39 is 0 Å². The van der Waals surface area contributed by atoms with Gasteiger partial charge in [-0.2, -0.15) is 0 Å². The molecule has 0 saturated heterocycles. The minimum absolute atomic E-state index is 0.0366. The summed E-state index contributed by atoms with van der Waals surface area (Å²) in [6.45, 7) is 1.95. The van der Waals surface area contributed by atoms with Crippen LogP contribution in [-0.4, -0.2) is 5.91 Å². The van der Waals surface area contributed by atoms with Crippen molar-refractivity contribution in [2.45, 2.75) is 13.0 Å². The minimum atomic E-state index is -0.151. The number of rotatable bonds is 3. The highest BCUT2D eigenvalue weighted by molar-refractivity contribution is 9.10. The number of nitrogens with one attached hydrogen (secondary N) is 1. The molecule has 1 N–H and O–H groups in total. The molecular weight excluding hydrogens is 282 g/mol. The Morgan fingerprint density at radius 1 is 1.29 bits per heavy atom. The number of hydrogen-bond acceptors (Lipinski definition) is 2. The van der Waals surface area contributed by atoms with Crippen LogP contribution in [0.2, 0.25) is 0 Å². The minimum Gasteiger partial charge on any atom is -0.457 e. The Bertz CT molecular complexity index is 507. The number of furan rings is 1. The molecule has 0 fully saturated rings. The predicted octanol–water partition coefficient (Wildman–Crippen LogP) is 3.53. The Morgan fingerprint density at radius 3 is 2.59 bits per heavy atom. The van der Waals surface area contributed by atoms with E-state index in [1.165, 1.54) is 6.26 Å². The fourth-order valence-electron chi connectivity index (χ4n) is 1.56. The predicted molar refractivity (Wildman–Crippen MR) is 68.7 cm³/mol. The van der Waals surface area contributed by atoms with Crippen molar-refractivity contribution in [1.29, 1.82) is 0 Å². The molecule has 17 heavy (non-hydrogen) atoms. The Balaban J connectivity index is 2.08. The van der Waals surface area contributed by atoms with Gasteiger partial charge in [0.1, 0.15) is 0 Å². The lowest BCUT2D eigenvalue weighted by Crippen LogP contribution is -2.26. The molecule has 0 saturated carbocycles. The van der Waals surface area contributed by atoms with Gasteiger partial charge < -0.3 is 9.73 Å². The van der Waals surface area contributed by atoms with Crippen molar-refractivity contribution in [1.82, 2.24) is 5.32 Å². The first-order valence-corrected chi connectivity index (χ1v) is 6.06. The Kier molecular flexibility index (Phi) is 3.64. The summed E-state index contributed by atoms with van der Waals surface area (Å²) >= 11 is 3.19. The zero-order valence-corrected chi connectivity index (χ0v) is 10.9. The molecule has 1 unspecified atom stereocenters. The number of hydrogen-bond donors (Lipinski definition) is 1. The van der Waals surface area contributed by atoms with Gasteiger partial charge in [0.25, 0.3) is 5.91 Å². The fraction of sp³-hybridized carbons (Fsp3) is 0.154. The molecule has 0 aliphatic heterocycles. The molecule has 0 spiro atoms. The highest BCUT2D eigenvalue weighted by atomic mass is 79.9. The maximum absolute atomic E-state index is 11.9. The molecule has 0 radical (unpaired) electrons. The summed E-state index contributed by atoms with van der Waals surface area (Å²) in [5, 5.41) is 2.91. The van der Waals surface area contributed by atoms with Crippen LogP contribution < -0.4 is 5.32 Å². The van der Waals surface area contributed by atoms with Gasteiger partial charge in [0.2, 0.25) is 0 Å². The van der Waals surface area contributed by atoms with Crippen LogP contribution in [0.15, 0.2) is 51.7 Å². The highest BCUT2D eigenvalue weighted by Crippen LogP contribution is 2.19. The first-order chi connectivity index (χ1) is 8.18. The van der Waals surface area contributed by atoms with Gasteiger partial charge in [0, 0.05) is 0 Å². The van der Waals surface area contributed by atoms with Crippen LogP contribution in [0.1, 0.15) is 28.9 Å². The van der Waals surface area contributed by atoms with Gasteiger partial charge in [-0.1, -0.05) is 30.3 Å². The summed E-state index contributed by atoms with van der Waals surface area (Å²) in [6, 6.07) is 11.4. The zero-order valence-electron chi connectivity index (χ0n) is 9.31. The topological polar surface area (TPSA) is 42.2 Å². The van der Waals surface area contributed by atoms with E-state index >= 15 is 0 Å². The zero-order chi connectivity index (χ0) is 12.3. The molecule has 88 valence electrons. The van der Waals surface area contributed by atoms with Crippen LogP contribution in [-0.2, 0) is 0 Å². The van der Waals surface area contributed by atoms with E-state index in [2.05, 4.69) is 21.2 Å². The van der Waals surface area contributed by atoms with E-state index in [9.17, 15) is 4.79 Å². The summed E-state index contributed by atoms with van der Waals surface area (Å²) in [4.78, 5) is 11.9. The van der Waals surface area contributed by atoms with Crippen molar-refractivity contribution in [2.75, 3.05) is 0 Å². The molecule has 1 heterocycles. The second-order valence-corrected chi connectivity index (χ2v) is 4.43. The van der Waals surface area contributed by atoms with E-state index in [1.807, 2.05) is 37.3 Å². The molecule has 1 amide bonds. The van der Waals surface area contributed by atoms with Crippen molar-refractivity contribution >= 4 is 21.8 Å². The Labute approximate surface area is 108 Å². The highest BCUT2D eigenvalue weighted by Gasteiger charge is 2.15. The monoisotopic (exact) mass is 293 g/mol. The van der Waals surface area contributed by atoms with E-state index in [0.717, 1.165) is 5.56 Å². The van der Waals surface area contributed by atoms with Crippen LogP contribution in [0.3, 0.4) is 0 Å². The lowest BCUT2D eigenvalue weighted by Gasteiger charge is -2.13. The molecule has 2 rings (SSSR count). The quantitative estimate of drug-likeness (QED) is 0.941. The lowest BCUT2D eigenvalue weighted by atomic mass is 10.1. The van der Waals surface area contributed by atoms with Gasteiger partial charge in [0.15, 0.2) is 4.67 Å². The summed E-state index contributed by atoms with van der Waals surface area (Å²) in [6.07, 6.45) is 1.48. The first kappa shape index (κ1) is 11.9. The third kappa shape index (κ3) is 2.77. The SMILES string of the molecule is CC(NC(=O)c1ccoc1Br)c1ccccc1. The van der Waals surface area contributed by atoms with Crippen LogP contribution in [0.5, 0.6) is 0 Å². The molecule has 2 aromatic rings. The summed E-state index contributed by atoms with van der Waals surface area (Å²) < 4.78 is 5.48. The maximum Gasteiger partial charge on any atom is 0.256 e. The molecule has 0 aliphatic rings. The normalized spacial score (nSPS) is 12.1. The van der Waals surface area contributed by atoms with Gasteiger partial charge in [-0.15, -0.1) is 0 Å². The second kappa shape index (κ2) is 5.19. The fourth-order valence-corrected chi connectivity index (χ4v) is 1.98.